The minimum atomic E-state index is -0.824. The molecule has 0 saturated carbocycles. The van der Waals surface area contributed by atoms with Crippen LogP contribution in [0, 0.1) is 5.41 Å². The molecule has 2 aliphatic rings. The van der Waals surface area contributed by atoms with Gasteiger partial charge < -0.3 is 26.0 Å². The second-order valence-corrected chi connectivity index (χ2v) is 11.6. The van der Waals surface area contributed by atoms with Crippen LogP contribution in [0.4, 0.5) is 0 Å². The number of aryl methyl sites for hydroxylation is 1. The predicted octanol–water partition coefficient (Wildman–Crippen LogP) is 2.98. The van der Waals surface area contributed by atoms with E-state index in [0.717, 1.165) is 36.0 Å². The molecule has 1 aliphatic heterocycles. The van der Waals surface area contributed by atoms with Crippen molar-refractivity contribution in [3.05, 3.63) is 64.7 Å². The lowest BCUT2D eigenvalue weighted by Crippen LogP contribution is -2.62. The predicted molar refractivity (Wildman–Crippen MR) is 146 cm³/mol. The summed E-state index contributed by atoms with van der Waals surface area (Å²) >= 11 is 0. The third kappa shape index (κ3) is 5.85. The standard InChI is InChI=1S/C30H40N4O4/c1-18(31-5)27(36)33-26(30(2,3)4)29(38)34-17-20-13-14-22(35)15-21(20)16-25(34)28(37)32-24-12-8-10-19-9-6-7-11-23(19)24/h6-7,9,11,13-15,18,24-26,31,35H,8,10,12,16-17H2,1-5H3,(H,32,37)(H,33,36)/t18-,24+,25?,26+/m0/s1. The summed E-state index contributed by atoms with van der Waals surface area (Å²) in [5.74, 6) is -0.665. The third-order valence-electron chi connectivity index (χ3n) is 7.82. The number of aromatic hydroxyl groups is 1. The Morgan fingerprint density at radius 3 is 2.50 bits per heavy atom. The van der Waals surface area contributed by atoms with E-state index < -0.39 is 23.5 Å². The Labute approximate surface area is 225 Å². The number of nitrogens with zero attached hydrogens (tertiary/aromatic N) is 1. The SMILES string of the molecule is CN[C@@H](C)C(=O)N[C@H](C(=O)N1Cc2ccc(O)cc2CC1C(=O)N[C@@H]1CCCc2ccccc21)C(C)(C)C. The number of phenols is 1. The zero-order valence-corrected chi connectivity index (χ0v) is 23.0. The van der Waals surface area contributed by atoms with Crippen molar-refractivity contribution >= 4 is 17.7 Å². The smallest absolute Gasteiger partial charge is 0.246 e. The molecule has 4 rings (SSSR count). The van der Waals surface area contributed by atoms with E-state index in [1.165, 1.54) is 5.56 Å². The fourth-order valence-corrected chi connectivity index (χ4v) is 5.42. The topological polar surface area (TPSA) is 111 Å². The van der Waals surface area contributed by atoms with Gasteiger partial charge in [0.15, 0.2) is 0 Å². The normalized spacial score (nSPS) is 20.5. The Balaban J connectivity index is 1.65. The Morgan fingerprint density at radius 2 is 1.79 bits per heavy atom. The highest BCUT2D eigenvalue weighted by molar-refractivity contribution is 5.94. The minimum absolute atomic E-state index is 0.121. The molecule has 0 aromatic heterocycles. The number of nitrogens with one attached hydrogen (secondary N) is 3. The first-order chi connectivity index (χ1) is 18.0. The largest absolute Gasteiger partial charge is 0.508 e. The lowest BCUT2D eigenvalue weighted by atomic mass is 9.83. The second-order valence-electron chi connectivity index (χ2n) is 11.6. The van der Waals surface area contributed by atoms with Crippen LogP contribution in [-0.4, -0.2) is 52.9 Å². The zero-order valence-electron chi connectivity index (χ0n) is 23.0. The van der Waals surface area contributed by atoms with Gasteiger partial charge in [-0.25, -0.2) is 0 Å². The molecule has 0 fully saturated rings. The van der Waals surface area contributed by atoms with Crippen molar-refractivity contribution in [1.82, 2.24) is 20.9 Å². The van der Waals surface area contributed by atoms with Crippen LogP contribution in [-0.2, 0) is 33.8 Å². The molecule has 8 heteroatoms. The highest BCUT2D eigenvalue weighted by atomic mass is 16.3. The summed E-state index contributed by atoms with van der Waals surface area (Å²) in [6.07, 6.45) is 3.09. The van der Waals surface area contributed by atoms with Gasteiger partial charge in [0, 0.05) is 13.0 Å². The van der Waals surface area contributed by atoms with Crippen LogP contribution in [0.1, 0.15) is 68.8 Å². The summed E-state index contributed by atoms with van der Waals surface area (Å²) in [4.78, 5) is 42.4. The van der Waals surface area contributed by atoms with Crippen molar-refractivity contribution < 1.29 is 19.5 Å². The van der Waals surface area contributed by atoms with Crippen molar-refractivity contribution in [2.24, 2.45) is 5.41 Å². The minimum Gasteiger partial charge on any atom is -0.508 e. The van der Waals surface area contributed by atoms with E-state index in [-0.39, 0.29) is 42.5 Å². The van der Waals surface area contributed by atoms with Gasteiger partial charge in [0.1, 0.15) is 17.8 Å². The average molecular weight is 521 g/mol. The molecule has 4 atom stereocenters. The molecule has 2 aromatic carbocycles. The first-order valence-electron chi connectivity index (χ1n) is 13.5. The van der Waals surface area contributed by atoms with E-state index in [0.29, 0.717) is 0 Å². The highest BCUT2D eigenvalue weighted by Crippen LogP contribution is 2.32. The van der Waals surface area contributed by atoms with Crippen LogP contribution in [0.5, 0.6) is 5.75 Å². The van der Waals surface area contributed by atoms with Gasteiger partial charge in [-0.1, -0.05) is 51.1 Å². The molecule has 2 aromatic rings. The lowest BCUT2D eigenvalue weighted by molar-refractivity contribution is -0.147. The van der Waals surface area contributed by atoms with Gasteiger partial charge >= 0.3 is 0 Å². The van der Waals surface area contributed by atoms with Crippen molar-refractivity contribution in [2.45, 2.75) is 84.1 Å². The van der Waals surface area contributed by atoms with Crippen LogP contribution in [0.15, 0.2) is 42.5 Å². The van der Waals surface area contributed by atoms with E-state index in [4.69, 9.17) is 0 Å². The Kier molecular flexibility index (Phi) is 8.11. The Hall–Kier alpha value is -3.39. The number of fused-ring (bicyclic) bond motifs is 2. The molecular formula is C30H40N4O4. The maximum absolute atomic E-state index is 14.1. The summed E-state index contributed by atoms with van der Waals surface area (Å²) in [6, 6.07) is 11.0. The molecule has 1 unspecified atom stereocenters. The fourth-order valence-electron chi connectivity index (χ4n) is 5.42. The quantitative estimate of drug-likeness (QED) is 0.468. The van der Waals surface area contributed by atoms with Crippen LogP contribution in [0.25, 0.3) is 0 Å². The lowest BCUT2D eigenvalue weighted by Gasteiger charge is -2.41. The fraction of sp³-hybridized carbons (Fsp3) is 0.500. The number of carbonyl (C=O) groups is 3. The van der Waals surface area contributed by atoms with Crippen molar-refractivity contribution in [1.29, 1.82) is 0 Å². The molecular weight excluding hydrogens is 480 g/mol. The molecule has 0 radical (unpaired) electrons. The maximum Gasteiger partial charge on any atom is 0.246 e. The van der Waals surface area contributed by atoms with E-state index in [1.54, 1.807) is 37.1 Å². The summed E-state index contributed by atoms with van der Waals surface area (Å²) in [7, 11) is 1.69. The zero-order chi connectivity index (χ0) is 27.6. The summed E-state index contributed by atoms with van der Waals surface area (Å²) in [5, 5.41) is 19.2. The number of carbonyl (C=O) groups excluding carboxylic acids is 3. The first kappa shape index (κ1) is 27.6. The van der Waals surface area contributed by atoms with Gasteiger partial charge in [-0.15, -0.1) is 0 Å². The molecule has 4 N–H and O–H groups in total. The molecule has 8 nitrogen and oxygen atoms in total. The Bertz CT molecular complexity index is 1200. The van der Waals surface area contributed by atoms with E-state index in [2.05, 4.69) is 28.1 Å². The van der Waals surface area contributed by atoms with E-state index in [1.807, 2.05) is 32.9 Å². The van der Waals surface area contributed by atoms with Gasteiger partial charge in [0.2, 0.25) is 17.7 Å². The van der Waals surface area contributed by atoms with Crippen molar-refractivity contribution in [2.75, 3.05) is 7.05 Å². The third-order valence-corrected chi connectivity index (χ3v) is 7.82. The average Bonchev–Trinajstić information content (AvgIpc) is 2.89. The van der Waals surface area contributed by atoms with Crippen LogP contribution >= 0.6 is 0 Å². The molecule has 0 spiro atoms. The maximum atomic E-state index is 14.1. The van der Waals surface area contributed by atoms with Gasteiger partial charge in [-0.05, 0) is 73.0 Å². The number of likely N-dealkylation sites (N-methyl/N-ethyl adjacent to an activating group) is 1. The molecule has 38 heavy (non-hydrogen) atoms. The molecule has 1 heterocycles. The molecule has 1 aliphatic carbocycles. The van der Waals surface area contributed by atoms with Crippen LogP contribution in [0.2, 0.25) is 0 Å². The number of phenolic OH excluding ortho intramolecular Hbond substituents is 1. The number of hydrogen-bond acceptors (Lipinski definition) is 5. The molecule has 3 amide bonds. The van der Waals surface area contributed by atoms with Crippen LogP contribution in [0.3, 0.4) is 0 Å². The van der Waals surface area contributed by atoms with Gasteiger partial charge in [-0.2, -0.15) is 0 Å². The number of benzene rings is 2. The van der Waals surface area contributed by atoms with Gasteiger partial charge in [0.05, 0.1) is 12.1 Å². The number of amides is 3. The summed E-state index contributed by atoms with van der Waals surface area (Å²) in [5.41, 5.74) is 3.51. The summed E-state index contributed by atoms with van der Waals surface area (Å²) in [6.45, 7) is 7.68. The highest BCUT2D eigenvalue weighted by Gasteiger charge is 2.42. The Morgan fingerprint density at radius 1 is 1.05 bits per heavy atom. The van der Waals surface area contributed by atoms with Crippen molar-refractivity contribution in [3.63, 3.8) is 0 Å². The monoisotopic (exact) mass is 520 g/mol. The van der Waals surface area contributed by atoms with E-state index in [9.17, 15) is 19.5 Å². The van der Waals surface area contributed by atoms with Crippen LogP contribution < -0.4 is 16.0 Å². The van der Waals surface area contributed by atoms with Gasteiger partial charge in [-0.3, -0.25) is 14.4 Å². The summed E-state index contributed by atoms with van der Waals surface area (Å²) < 4.78 is 0. The number of hydrogen-bond donors (Lipinski definition) is 4. The number of rotatable bonds is 6. The van der Waals surface area contributed by atoms with Crippen molar-refractivity contribution in [3.8, 4) is 5.75 Å². The first-order valence-corrected chi connectivity index (χ1v) is 13.5. The molecule has 0 bridgehead atoms. The molecule has 0 saturated heterocycles. The van der Waals surface area contributed by atoms with E-state index >= 15 is 0 Å². The second kappa shape index (κ2) is 11.2. The molecule has 204 valence electrons. The van der Waals surface area contributed by atoms with Gasteiger partial charge in [0.25, 0.3) is 0 Å².